The van der Waals surface area contributed by atoms with Crippen LogP contribution in [0.4, 0.5) is 14.6 Å². The van der Waals surface area contributed by atoms with Crippen molar-refractivity contribution in [1.29, 1.82) is 5.26 Å². The van der Waals surface area contributed by atoms with Crippen molar-refractivity contribution in [3.63, 3.8) is 0 Å². The topological polar surface area (TPSA) is 53.6 Å². The highest BCUT2D eigenvalue weighted by Gasteiger charge is 2.35. The molecule has 0 aliphatic carbocycles. The number of fused-ring (bicyclic) bond motifs is 1. The summed E-state index contributed by atoms with van der Waals surface area (Å²) in [5.74, 6) is 0.342. The first-order valence-corrected chi connectivity index (χ1v) is 6.75. The molecule has 0 unspecified atom stereocenters. The van der Waals surface area contributed by atoms with Gasteiger partial charge in [0.2, 0.25) is 0 Å². The predicted octanol–water partition coefficient (Wildman–Crippen LogP) is 3.77. The Morgan fingerprint density at radius 1 is 1.38 bits per heavy atom. The van der Waals surface area contributed by atoms with Crippen molar-refractivity contribution in [2.24, 2.45) is 0 Å². The number of benzene rings is 1. The van der Waals surface area contributed by atoms with Crippen LogP contribution in [0.3, 0.4) is 0 Å². The fourth-order valence-corrected chi connectivity index (χ4v) is 2.65. The van der Waals surface area contributed by atoms with E-state index in [0.717, 1.165) is 5.56 Å². The van der Waals surface area contributed by atoms with Crippen LogP contribution in [0.25, 0.3) is 0 Å². The van der Waals surface area contributed by atoms with Crippen LogP contribution in [0.2, 0.25) is 5.02 Å². The number of nitrogens with zero attached hydrogens (tertiary/aromatic N) is 3. The number of anilines is 1. The van der Waals surface area contributed by atoms with Gasteiger partial charge in [-0.2, -0.15) is 10.4 Å². The van der Waals surface area contributed by atoms with Crippen LogP contribution in [0.1, 0.15) is 29.6 Å². The van der Waals surface area contributed by atoms with E-state index in [1.807, 2.05) is 6.07 Å². The number of nitrogens with one attached hydrogen (secondary N) is 1. The lowest BCUT2D eigenvalue weighted by atomic mass is 9.97. The summed E-state index contributed by atoms with van der Waals surface area (Å²) < 4.78 is 27.7. The molecule has 0 bridgehead atoms. The van der Waals surface area contributed by atoms with Gasteiger partial charge in [0.05, 0.1) is 12.2 Å². The fraction of sp³-hybridized carbons (Fsp3) is 0.286. The molecule has 7 heteroatoms. The van der Waals surface area contributed by atoms with E-state index in [1.165, 1.54) is 10.9 Å². The number of nitriles is 1. The number of aromatic nitrogens is 2. The van der Waals surface area contributed by atoms with Gasteiger partial charge in [0, 0.05) is 5.02 Å². The molecule has 3 rings (SSSR count). The Morgan fingerprint density at radius 2 is 2.10 bits per heavy atom. The fourth-order valence-electron chi connectivity index (χ4n) is 2.53. The average molecular weight is 309 g/mol. The monoisotopic (exact) mass is 308 g/mol. The zero-order valence-corrected chi connectivity index (χ0v) is 11.6. The van der Waals surface area contributed by atoms with Crippen LogP contribution in [0.5, 0.6) is 0 Å². The minimum absolute atomic E-state index is 0.193. The van der Waals surface area contributed by atoms with Crippen molar-refractivity contribution < 1.29 is 8.78 Å². The van der Waals surface area contributed by atoms with Gasteiger partial charge in [-0.25, -0.2) is 13.5 Å². The van der Waals surface area contributed by atoms with E-state index in [-0.39, 0.29) is 18.0 Å². The van der Waals surface area contributed by atoms with E-state index in [0.29, 0.717) is 10.8 Å². The highest BCUT2D eigenvalue weighted by molar-refractivity contribution is 6.30. The minimum atomic E-state index is -2.55. The van der Waals surface area contributed by atoms with Crippen LogP contribution < -0.4 is 5.32 Å². The van der Waals surface area contributed by atoms with Crippen LogP contribution >= 0.6 is 11.6 Å². The molecule has 1 aliphatic heterocycles. The van der Waals surface area contributed by atoms with Gasteiger partial charge >= 0.3 is 0 Å². The Bertz CT molecular complexity index is 690. The second-order valence-corrected chi connectivity index (χ2v) is 5.29. The molecule has 21 heavy (non-hydrogen) atoms. The number of hydrogen-bond acceptors (Lipinski definition) is 3. The standard InChI is InChI=1S/C14H11ClF2N4/c15-10-3-1-8(2-4-10)11-5-12(13(16)17)21-14(20-11)9(6-18)7-19-21/h1-4,7,11-13,20H,5H2/t11-,12-/m1/s1. The molecule has 1 aliphatic rings. The van der Waals surface area contributed by atoms with Gasteiger partial charge < -0.3 is 5.32 Å². The number of halogens is 3. The summed E-state index contributed by atoms with van der Waals surface area (Å²) in [7, 11) is 0. The molecule has 2 atom stereocenters. The second kappa shape index (κ2) is 5.34. The van der Waals surface area contributed by atoms with Crippen molar-refractivity contribution in [1.82, 2.24) is 9.78 Å². The summed E-state index contributed by atoms with van der Waals surface area (Å²) in [6.45, 7) is 0. The predicted molar refractivity (Wildman–Crippen MR) is 74.4 cm³/mol. The maximum Gasteiger partial charge on any atom is 0.260 e. The second-order valence-electron chi connectivity index (χ2n) is 4.85. The quantitative estimate of drug-likeness (QED) is 0.918. The number of alkyl halides is 2. The maximum absolute atomic E-state index is 13.3. The molecule has 4 nitrogen and oxygen atoms in total. The molecule has 1 N–H and O–H groups in total. The summed E-state index contributed by atoms with van der Waals surface area (Å²) in [5, 5.41) is 16.7. The Morgan fingerprint density at radius 3 is 2.71 bits per heavy atom. The van der Waals surface area contributed by atoms with Crippen LogP contribution in [0.15, 0.2) is 30.5 Å². The maximum atomic E-state index is 13.3. The third-order valence-corrected chi connectivity index (χ3v) is 3.83. The zero-order valence-electron chi connectivity index (χ0n) is 10.8. The van der Waals surface area contributed by atoms with Crippen LogP contribution in [-0.2, 0) is 0 Å². The first-order chi connectivity index (χ1) is 10.1. The van der Waals surface area contributed by atoms with Crippen molar-refractivity contribution in [2.75, 3.05) is 5.32 Å². The van der Waals surface area contributed by atoms with Crippen LogP contribution in [0, 0.1) is 11.3 Å². The smallest absolute Gasteiger partial charge is 0.260 e. The van der Waals surface area contributed by atoms with E-state index in [1.54, 1.807) is 24.3 Å². The number of hydrogen-bond donors (Lipinski definition) is 1. The minimum Gasteiger partial charge on any atom is -0.362 e. The highest BCUT2D eigenvalue weighted by atomic mass is 35.5. The van der Waals surface area contributed by atoms with Gasteiger partial charge in [-0.3, -0.25) is 0 Å². The first-order valence-electron chi connectivity index (χ1n) is 6.38. The Balaban J connectivity index is 2.00. The summed E-state index contributed by atoms with van der Waals surface area (Å²) in [4.78, 5) is 0. The van der Waals surface area contributed by atoms with E-state index >= 15 is 0 Å². The largest absolute Gasteiger partial charge is 0.362 e. The molecule has 0 spiro atoms. The molecule has 0 amide bonds. The third-order valence-electron chi connectivity index (χ3n) is 3.58. The molecule has 0 fully saturated rings. The summed E-state index contributed by atoms with van der Waals surface area (Å²) in [5.41, 5.74) is 1.11. The molecule has 1 aromatic heterocycles. The van der Waals surface area contributed by atoms with Crippen LogP contribution in [-0.4, -0.2) is 16.2 Å². The Labute approximate surface area is 124 Å². The molecule has 2 aromatic rings. The van der Waals surface area contributed by atoms with E-state index in [4.69, 9.17) is 16.9 Å². The average Bonchev–Trinajstić information content (AvgIpc) is 2.89. The lowest BCUT2D eigenvalue weighted by molar-refractivity contribution is 0.0658. The summed E-state index contributed by atoms with van der Waals surface area (Å²) in [6, 6.07) is 7.62. The number of rotatable bonds is 2. The van der Waals surface area contributed by atoms with Gasteiger partial charge in [0.1, 0.15) is 23.5 Å². The highest BCUT2D eigenvalue weighted by Crippen LogP contribution is 2.39. The lowest BCUT2D eigenvalue weighted by Crippen LogP contribution is -2.31. The molecule has 2 heterocycles. The molecule has 108 valence electrons. The molecule has 0 saturated heterocycles. The van der Waals surface area contributed by atoms with Crippen molar-refractivity contribution in [3.8, 4) is 6.07 Å². The zero-order chi connectivity index (χ0) is 15.0. The Kier molecular flexibility index (Phi) is 3.52. The summed E-state index contributed by atoms with van der Waals surface area (Å²) in [6.07, 6.45) is -1.05. The molecule has 1 aromatic carbocycles. The van der Waals surface area contributed by atoms with E-state index in [9.17, 15) is 8.78 Å². The molecular formula is C14H11ClF2N4. The van der Waals surface area contributed by atoms with Crippen molar-refractivity contribution in [3.05, 3.63) is 46.6 Å². The van der Waals surface area contributed by atoms with Gasteiger partial charge in [-0.1, -0.05) is 23.7 Å². The first kappa shape index (κ1) is 13.8. The van der Waals surface area contributed by atoms with Gasteiger partial charge in [-0.15, -0.1) is 0 Å². The van der Waals surface area contributed by atoms with Gasteiger partial charge in [-0.05, 0) is 24.1 Å². The van der Waals surface area contributed by atoms with Crippen molar-refractivity contribution >= 4 is 17.4 Å². The third kappa shape index (κ3) is 2.45. The van der Waals surface area contributed by atoms with Gasteiger partial charge in [0.25, 0.3) is 6.43 Å². The lowest BCUT2D eigenvalue weighted by Gasteiger charge is -2.32. The van der Waals surface area contributed by atoms with E-state index in [2.05, 4.69) is 10.4 Å². The molecule has 0 saturated carbocycles. The summed E-state index contributed by atoms with van der Waals surface area (Å²) >= 11 is 5.84. The normalized spacial score (nSPS) is 20.7. The molecular weight excluding hydrogens is 298 g/mol. The SMILES string of the molecule is N#Cc1cnn2c1N[C@@H](c1ccc(Cl)cc1)C[C@@H]2C(F)F. The molecule has 0 radical (unpaired) electrons. The van der Waals surface area contributed by atoms with Gasteiger partial charge in [0.15, 0.2) is 0 Å². The van der Waals surface area contributed by atoms with E-state index < -0.39 is 12.5 Å². The Hall–Kier alpha value is -2.13. The van der Waals surface area contributed by atoms with Crippen molar-refractivity contribution in [2.45, 2.75) is 24.9 Å².